The van der Waals surface area contributed by atoms with Crippen molar-refractivity contribution in [1.29, 1.82) is 0 Å². The van der Waals surface area contributed by atoms with Gasteiger partial charge >= 0.3 is 6.18 Å². The van der Waals surface area contributed by atoms with Crippen LogP contribution in [0.4, 0.5) is 23.2 Å². The van der Waals surface area contributed by atoms with Gasteiger partial charge in [0.25, 0.3) is 0 Å². The van der Waals surface area contributed by atoms with E-state index < -0.39 is 11.7 Å². The number of anilines is 1. The van der Waals surface area contributed by atoms with Crippen LogP contribution >= 0.6 is 15.9 Å². The normalized spacial score (nSPS) is 11.5. The molecule has 0 saturated heterocycles. The first-order valence-corrected chi connectivity index (χ1v) is 6.92. The molecule has 0 aliphatic rings. The molecule has 0 radical (unpaired) electrons. The molecule has 0 fully saturated rings. The number of halogens is 5. The van der Waals surface area contributed by atoms with Crippen LogP contribution in [0.25, 0.3) is 0 Å². The average molecular weight is 362 g/mol. The molecule has 0 aliphatic carbocycles. The van der Waals surface area contributed by atoms with Gasteiger partial charge in [0, 0.05) is 12.2 Å². The molecule has 0 spiro atoms. The molecule has 0 heterocycles. The molecule has 0 saturated carbocycles. The van der Waals surface area contributed by atoms with Crippen LogP contribution in [0.5, 0.6) is 0 Å². The molecule has 2 aromatic carbocycles. The van der Waals surface area contributed by atoms with Crippen LogP contribution in [-0.4, -0.2) is 0 Å². The average Bonchev–Trinajstić information content (AvgIpc) is 2.40. The third kappa shape index (κ3) is 3.97. The van der Waals surface area contributed by atoms with Gasteiger partial charge in [0.15, 0.2) is 0 Å². The van der Waals surface area contributed by atoms with Crippen molar-refractivity contribution in [3.05, 3.63) is 63.4 Å². The minimum absolute atomic E-state index is 0.178. The first kappa shape index (κ1) is 15.8. The molecular formula is C15H12BrF4N. The van der Waals surface area contributed by atoms with Gasteiger partial charge in [0.2, 0.25) is 0 Å². The fourth-order valence-corrected chi connectivity index (χ4v) is 2.32. The minimum Gasteiger partial charge on any atom is -0.381 e. The highest BCUT2D eigenvalue weighted by Gasteiger charge is 2.32. The topological polar surface area (TPSA) is 12.0 Å². The van der Waals surface area contributed by atoms with Gasteiger partial charge in [-0.25, -0.2) is 4.39 Å². The first-order chi connectivity index (χ1) is 9.77. The Bertz CT molecular complexity index is 653. The minimum atomic E-state index is -4.37. The number of rotatable bonds is 3. The van der Waals surface area contributed by atoms with E-state index in [4.69, 9.17) is 0 Å². The largest absolute Gasteiger partial charge is 0.416 e. The van der Waals surface area contributed by atoms with Gasteiger partial charge in [-0.3, -0.25) is 0 Å². The van der Waals surface area contributed by atoms with Crippen LogP contribution in [0.1, 0.15) is 16.7 Å². The Morgan fingerprint density at radius 1 is 1.10 bits per heavy atom. The third-order valence-corrected chi connectivity index (χ3v) is 3.63. The van der Waals surface area contributed by atoms with Crippen LogP contribution in [0.2, 0.25) is 0 Å². The van der Waals surface area contributed by atoms with Gasteiger partial charge in [-0.1, -0.05) is 12.1 Å². The maximum absolute atomic E-state index is 13.1. The van der Waals surface area contributed by atoms with Crippen LogP contribution < -0.4 is 5.32 Å². The summed E-state index contributed by atoms with van der Waals surface area (Å²) in [5, 5.41) is 2.90. The second-order valence-electron chi connectivity index (χ2n) is 4.63. The number of benzene rings is 2. The third-order valence-electron chi connectivity index (χ3n) is 3.02. The second kappa shape index (κ2) is 6.05. The quantitative estimate of drug-likeness (QED) is 0.709. The van der Waals surface area contributed by atoms with Crippen LogP contribution in [-0.2, 0) is 12.7 Å². The van der Waals surface area contributed by atoms with E-state index in [9.17, 15) is 17.6 Å². The van der Waals surface area contributed by atoms with Gasteiger partial charge in [-0.2, -0.15) is 13.2 Å². The number of hydrogen-bond donors (Lipinski definition) is 1. The number of hydrogen-bond acceptors (Lipinski definition) is 1. The molecule has 0 aromatic heterocycles. The Hall–Kier alpha value is -1.56. The van der Waals surface area contributed by atoms with Crippen molar-refractivity contribution in [2.24, 2.45) is 0 Å². The highest BCUT2D eigenvalue weighted by atomic mass is 79.9. The maximum atomic E-state index is 13.1. The summed E-state index contributed by atoms with van der Waals surface area (Å²) in [4.78, 5) is 0. The fraction of sp³-hybridized carbons (Fsp3) is 0.200. The Morgan fingerprint density at radius 3 is 2.43 bits per heavy atom. The zero-order chi connectivity index (χ0) is 15.6. The molecule has 0 unspecified atom stereocenters. The standard InChI is InChI=1S/C15H12BrF4N/c1-9-2-4-11(7-12(9)15(18,19)20)21-8-10-3-5-14(17)13(16)6-10/h2-7,21H,8H2,1H3. The maximum Gasteiger partial charge on any atom is 0.416 e. The molecule has 112 valence electrons. The Kier molecular flexibility index (Phi) is 4.56. The number of nitrogens with one attached hydrogen (secondary N) is 1. The van der Waals surface area contributed by atoms with Crippen molar-refractivity contribution in [1.82, 2.24) is 0 Å². The second-order valence-corrected chi connectivity index (χ2v) is 5.48. The van der Waals surface area contributed by atoms with Crippen molar-refractivity contribution >= 4 is 21.6 Å². The molecule has 1 N–H and O–H groups in total. The number of alkyl halides is 3. The lowest BCUT2D eigenvalue weighted by atomic mass is 10.1. The lowest BCUT2D eigenvalue weighted by molar-refractivity contribution is -0.138. The molecule has 0 atom stereocenters. The highest BCUT2D eigenvalue weighted by molar-refractivity contribution is 9.10. The summed E-state index contributed by atoms with van der Waals surface area (Å²) in [6.07, 6.45) is -4.37. The smallest absolute Gasteiger partial charge is 0.381 e. The molecule has 1 nitrogen and oxygen atoms in total. The number of aryl methyl sites for hydroxylation is 1. The van der Waals surface area contributed by atoms with Crippen molar-refractivity contribution in [3.63, 3.8) is 0 Å². The molecule has 6 heteroatoms. The molecule has 0 amide bonds. The van der Waals surface area contributed by atoms with E-state index in [2.05, 4.69) is 21.2 Å². The molecule has 2 rings (SSSR count). The first-order valence-electron chi connectivity index (χ1n) is 6.13. The van der Waals surface area contributed by atoms with Gasteiger partial charge in [0.05, 0.1) is 10.0 Å². The monoisotopic (exact) mass is 361 g/mol. The summed E-state index contributed by atoms with van der Waals surface area (Å²) in [7, 11) is 0. The van der Waals surface area contributed by atoms with Crippen molar-refractivity contribution in [2.75, 3.05) is 5.32 Å². The zero-order valence-electron chi connectivity index (χ0n) is 11.1. The van der Waals surface area contributed by atoms with E-state index in [0.29, 0.717) is 16.7 Å². The van der Waals surface area contributed by atoms with Gasteiger partial charge in [-0.15, -0.1) is 0 Å². The van der Waals surface area contributed by atoms with Crippen LogP contribution in [0.3, 0.4) is 0 Å². The summed E-state index contributed by atoms with van der Waals surface area (Å²) in [6, 6.07) is 8.55. The van der Waals surface area contributed by atoms with Crippen LogP contribution in [0, 0.1) is 12.7 Å². The lowest BCUT2D eigenvalue weighted by Gasteiger charge is -2.13. The Morgan fingerprint density at radius 2 is 1.81 bits per heavy atom. The summed E-state index contributed by atoms with van der Waals surface area (Å²) in [6.45, 7) is 1.73. The summed E-state index contributed by atoms with van der Waals surface area (Å²) in [5.74, 6) is -0.381. The zero-order valence-corrected chi connectivity index (χ0v) is 12.6. The van der Waals surface area contributed by atoms with Crippen molar-refractivity contribution in [3.8, 4) is 0 Å². The molecule has 21 heavy (non-hydrogen) atoms. The SMILES string of the molecule is Cc1ccc(NCc2ccc(F)c(Br)c2)cc1C(F)(F)F. The Balaban J connectivity index is 2.15. The molecule has 0 aliphatic heterocycles. The van der Waals surface area contributed by atoms with Crippen LogP contribution in [0.15, 0.2) is 40.9 Å². The van der Waals surface area contributed by atoms with Crippen molar-refractivity contribution in [2.45, 2.75) is 19.6 Å². The van der Waals surface area contributed by atoms with Crippen molar-refractivity contribution < 1.29 is 17.6 Å². The summed E-state index contributed by atoms with van der Waals surface area (Å²) >= 11 is 3.07. The predicted molar refractivity (Wildman–Crippen MR) is 77.6 cm³/mol. The highest BCUT2D eigenvalue weighted by Crippen LogP contribution is 2.33. The predicted octanol–water partition coefficient (Wildman–Crippen LogP) is 5.53. The fourth-order valence-electron chi connectivity index (χ4n) is 1.89. The molecule has 2 aromatic rings. The van der Waals surface area contributed by atoms with Gasteiger partial charge in [-0.05, 0) is 58.2 Å². The summed E-state index contributed by atoms with van der Waals surface area (Å²) in [5.41, 5.74) is 0.649. The van der Waals surface area contributed by atoms with E-state index in [-0.39, 0.29) is 11.4 Å². The van der Waals surface area contributed by atoms with E-state index in [1.54, 1.807) is 18.2 Å². The molecule has 0 bridgehead atoms. The van der Waals surface area contributed by atoms with E-state index in [1.807, 2.05) is 0 Å². The van der Waals surface area contributed by atoms with Gasteiger partial charge in [0.1, 0.15) is 5.82 Å². The summed E-state index contributed by atoms with van der Waals surface area (Å²) < 4.78 is 51.9. The molecular weight excluding hydrogens is 350 g/mol. The van der Waals surface area contributed by atoms with E-state index in [0.717, 1.165) is 11.6 Å². The Labute approximate surface area is 128 Å². The van der Waals surface area contributed by atoms with E-state index in [1.165, 1.54) is 19.1 Å². The van der Waals surface area contributed by atoms with E-state index >= 15 is 0 Å². The lowest BCUT2D eigenvalue weighted by Crippen LogP contribution is -2.09. The van der Waals surface area contributed by atoms with Gasteiger partial charge < -0.3 is 5.32 Å².